The van der Waals surface area contributed by atoms with Gasteiger partial charge in [0, 0.05) is 19.2 Å². The van der Waals surface area contributed by atoms with Crippen LogP contribution in [0.2, 0.25) is 0 Å². The van der Waals surface area contributed by atoms with E-state index in [1.54, 1.807) is 0 Å². The van der Waals surface area contributed by atoms with Crippen LogP contribution in [0.3, 0.4) is 0 Å². The molecule has 5 heteroatoms. The van der Waals surface area contributed by atoms with Crippen molar-refractivity contribution in [3.8, 4) is 11.8 Å². The Kier molecular flexibility index (Phi) is 3.37. The van der Waals surface area contributed by atoms with Gasteiger partial charge in [-0.05, 0) is 0 Å². The van der Waals surface area contributed by atoms with Crippen molar-refractivity contribution in [2.45, 2.75) is 0 Å². The molecule has 0 spiro atoms. The van der Waals surface area contributed by atoms with Gasteiger partial charge in [0.15, 0.2) is 6.79 Å². The summed E-state index contributed by atoms with van der Waals surface area (Å²) in [4.78, 5) is 0. The molecule has 0 bridgehead atoms. The smallest absolute Gasteiger partial charge is 0.188 e. The van der Waals surface area contributed by atoms with Gasteiger partial charge in [-0.15, -0.1) is 0 Å². The molecule has 1 aromatic carbocycles. The van der Waals surface area contributed by atoms with Gasteiger partial charge in [0.25, 0.3) is 0 Å². The maximum absolute atomic E-state index is 13.0. The zero-order valence-electron chi connectivity index (χ0n) is 7.38. The molecule has 0 amide bonds. The molecule has 1 aromatic rings. The molecule has 0 unspecified atom stereocenters. The number of rotatable bonds is 3. The number of hydrogen-bond donors (Lipinski definition) is 0. The number of benzene rings is 1. The Hall–Kier alpha value is -1.67. The standard InChI is InChI=1S/C9H7F2NO2/c1-13-5-14-6-2-8(10)7(4-12)9(11)3-6/h2-3H,5H2,1H3. The average Bonchev–Trinajstić information content (AvgIpc) is 2.14. The van der Waals surface area contributed by atoms with Crippen LogP contribution in [0.25, 0.3) is 0 Å². The molecule has 0 N–H and O–H groups in total. The van der Waals surface area contributed by atoms with E-state index in [2.05, 4.69) is 4.74 Å². The minimum Gasteiger partial charge on any atom is -0.467 e. The fourth-order valence-electron chi connectivity index (χ4n) is 0.867. The number of methoxy groups -OCH3 is 1. The molecule has 0 saturated carbocycles. The fraction of sp³-hybridized carbons (Fsp3) is 0.222. The van der Waals surface area contributed by atoms with E-state index in [-0.39, 0.29) is 12.5 Å². The zero-order valence-corrected chi connectivity index (χ0v) is 7.38. The number of nitrogens with zero attached hydrogens (tertiary/aromatic N) is 1. The van der Waals surface area contributed by atoms with Crippen LogP contribution in [-0.2, 0) is 4.74 Å². The molecule has 0 radical (unpaired) electrons. The zero-order chi connectivity index (χ0) is 10.6. The highest BCUT2D eigenvalue weighted by Crippen LogP contribution is 2.19. The Morgan fingerprint density at radius 2 is 1.93 bits per heavy atom. The van der Waals surface area contributed by atoms with Crippen molar-refractivity contribution in [1.29, 1.82) is 5.26 Å². The first-order chi connectivity index (χ1) is 6.69. The minimum atomic E-state index is -0.946. The third-order valence-corrected chi connectivity index (χ3v) is 1.47. The quantitative estimate of drug-likeness (QED) is 0.697. The van der Waals surface area contributed by atoms with Crippen LogP contribution in [0, 0.1) is 23.0 Å². The highest BCUT2D eigenvalue weighted by atomic mass is 19.1. The van der Waals surface area contributed by atoms with Gasteiger partial charge in [-0.3, -0.25) is 0 Å². The number of halogens is 2. The van der Waals surface area contributed by atoms with Gasteiger partial charge in [-0.2, -0.15) is 5.26 Å². The molecule has 0 fully saturated rings. The Morgan fingerprint density at radius 3 is 2.36 bits per heavy atom. The topological polar surface area (TPSA) is 42.2 Å². The van der Waals surface area contributed by atoms with Crippen LogP contribution in [0.15, 0.2) is 12.1 Å². The van der Waals surface area contributed by atoms with Gasteiger partial charge in [0.05, 0.1) is 0 Å². The molecular formula is C9H7F2NO2. The van der Waals surface area contributed by atoms with Crippen molar-refractivity contribution < 1.29 is 18.3 Å². The molecule has 0 aliphatic carbocycles. The van der Waals surface area contributed by atoms with Crippen LogP contribution in [0.1, 0.15) is 5.56 Å². The highest BCUT2D eigenvalue weighted by molar-refractivity contribution is 5.37. The van der Waals surface area contributed by atoms with Crippen molar-refractivity contribution in [1.82, 2.24) is 0 Å². The van der Waals surface area contributed by atoms with E-state index in [4.69, 9.17) is 10.00 Å². The van der Waals surface area contributed by atoms with Crippen LogP contribution < -0.4 is 4.74 Å². The normalized spacial score (nSPS) is 9.57. The van der Waals surface area contributed by atoms with Crippen LogP contribution in [0.5, 0.6) is 5.75 Å². The van der Waals surface area contributed by atoms with E-state index >= 15 is 0 Å². The van der Waals surface area contributed by atoms with Crippen LogP contribution >= 0.6 is 0 Å². The molecule has 0 aliphatic heterocycles. The molecule has 0 aliphatic rings. The lowest BCUT2D eigenvalue weighted by Gasteiger charge is -2.05. The van der Waals surface area contributed by atoms with Gasteiger partial charge in [0.2, 0.25) is 0 Å². The maximum atomic E-state index is 13.0. The number of nitriles is 1. The molecule has 0 aromatic heterocycles. The van der Waals surface area contributed by atoms with Gasteiger partial charge in [0.1, 0.15) is 29.0 Å². The van der Waals surface area contributed by atoms with Crippen LogP contribution in [-0.4, -0.2) is 13.9 Å². The summed E-state index contributed by atoms with van der Waals surface area (Å²) in [6.45, 7) is -0.106. The monoisotopic (exact) mass is 199 g/mol. The largest absolute Gasteiger partial charge is 0.467 e. The van der Waals surface area contributed by atoms with Gasteiger partial charge in [-0.25, -0.2) is 8.78 Å². The third-order valence-electron chi connectivity index (χ3n) is 1.47. The summed E-state index contributed by atoms with van der Waals surface area (Å²) in [6.07, 6.45) is 0. The molecule has 74 valence electrons. The van der Waals surface area contributed by atoms with E-state index in [0.717, 1.165) is 12.1 Å². The average molecular weight is 199 g/mol. The summed E-state index contributed by atoms with van der Waals surface area (Å²) in [5, 5.41) is 8.37. The molecule has 3 nitrogen and oxygen atoms in total. The van der Waals surface area contributed by atoms with E-state index < -0.39 is 17.2 Å². The number of ether oxygens (including phenoxy) is 2. The lowest BCUT2D eigenvalue weighted by molar-refractivity contribution is 0.0507. The van der Waals surface area contributed by atoms with Gasteiger partial charge < -0.3 is 9.47 Å². The minimum absolute atomic E-state index is 0.0131. The predicted molar refractivity (Wildman–Crippen MR) is 43.6 cm³/mol. The lowest BCUT2D eigenvalue weighted by atomic mass is 10.2. The second kappa shape index (κ2) is 4.53. The first kappa shape index (κ1) is 10.4. The summed E-state index contributed by atoms with van der Waals surface area (Å²) < 4.78 is 35.3. The summed E-state index contributed by atoms with van der Waals surface area (Å²) in [7, 11) is 1.39. The lowest BCUT2D eigenvalue weighted by Crippen LogP contribution is -2.01. The highest BCUT2D eigenvalue weighted by Gasteiger charge is 2.10. The second-order valence-electron chi connectivity index (χ2n) is 2.42. The number of hydrogen-bond acceptors (Lipinski definition) is 3. The SMILES string of the molecule is COCOc1cc(F)c(C#N)c(F)c1. The van der Waals surface area contributed by atoms with E-state index in [1.807, 2.05) is 0 Å². The summed E-state index contributed by atoms with van der Waals surface area (Å²) in [5.74, 6) is -1.90. The summed E-state index contributed by atoms with van der Waals surface area (Å²) >= 11 is 0. The maximum Gasteiger partial charge on any atom is 0.188 e. The first-order valence-corrected chi connectivity index (χ1v) is 3.70. The Balaban J connectivity index is 2.97. The first-order valence-electron chi connectivity index (χ1n) is 3.70. The predicted octanol–water partition coefficient (Wildman–Crippen LogP) is 1.82. The Labute approximate surface area is 79.5 Å². The molecular weight excluding hydrogens is 192 g/mol. The van der Waals surface area contributed by atoms with E-state index in [9.17, 15) is 8.78 Å². The van der Waals surface area contributed by atoms with Gasteiger partial charge in [-0.1, -0.05) is 0 Å². The van der Waals surface area contributed by atoms with E-state index in [0.29, 0.717) is 0 Å². The van der Waals surface area contributed by atoms with Gasteiger partial charge >= 0.3 is 0 Å². The molecule has 0 saturated heterocycles. The second-order valence-corrected chi connectivity index (χ2v) is 2.42. The molecule has 0 heterocycles. The third kappa shape index (κ3) is 2.18. The molecule has 0 atom stereocenters. The fourth-order valence-corrected chi connectivity index (χ4v) is 0.867. The van der Waals surface area contributed by atoms with E-state index in [1.165, 1.54) is 13.2 Å². The van der Waals surface area contributed by atoms with Crippen molar-refractivity contribution in [3.05, 3.63) is 29.3 Å². The van der Waals surface area contributed by atoms with Crippen molar-refractivity contribution in [3.63, 3.8) is 0 Å². The summed E-state index contributed by atoms with van der Waals surface area (Å²) in [6, 6.07) is 3.27. The summed E-state index contributed by atoms with van der Waals surface area (Å²) in [5.41, 5.74) is -0.616. The molecule has 14 heavy (non-hydrogen) atoms. The Bertz CT molecular complexity index is 351. The van der Waals surface area contributed by atoms with Crippen molar-refractivity contribution in [2.75, 3.05) is 13.9 Å². The van der Waals surface area contributed by atoms with Crippen molar-refractivity contribution >= 4 is 0 Å². The molecule has 1 rings (SSSR count). The van der Waals surface area contributed by atoms with Crippen LogP contribution in [0.4, 0.5) is 8.78 Å². The van der Waals surface area contributed by atoms with Crippen molar-refractivity contribution in [2.24, 2.45) is 0 Å². The Morgan fingerprint density at radius 1 is 1.36 bits per heavy atom.